The zero-order valence-corrected chi connectivity index (χ0v) is 13.9. The van der Waals surface area contributed by atoms with E-state index in [4.69, 9.17) is 4.74 Å². The van der Waals surface area contributed by atoms with Gasteiger partial charge in [0.1, 0.15) is 0 Å². The van der Waals surface area contributed by atoms with E-state index >= 15 is 0 Å². The van der Waals surface area contributed by atoms with E-state index in [1.54, 1.807) is 0 Å². The van der Waals surface area contributed by atoms with E-state index in [1.165, 1.54) is 47.8 Å². The summed E-state index contributed by atoms with van der Waals surface area (Å²) < 4.78 is 7.14. The number of nitrogens with zero attached hydrogens (tertiary/aromatic N) is 1. The molecule has 4 heteroatoms. The average molecular weight is 351 g/mol. The van der Waals surface area contributed by atoms with Crippen LogP contribution in [0.1, 0.15) is 37.7 Å². The number of hydrogen-bond acceptors (Lipinski definition) is 3. The van der Waals surface area contributed by atoms with Crippen molar-refractivity contribution in [1.82, 2.24) is 5.32 Å². The van der Waals surface area contributed by atoms with E-state index in [2.05, 4.69) is 44.3 Å². The number of hydrogen-bond donors (Lipinski definition) is 1. The number of rotatable bonds is 4. The summed E-state index contributed by atoms with van der Waals surface area (Å²) in [5.74, 6) is 0. The third-order valence-electron chi connectivity index (χ3n) is 5.00. The van der Waals surface area contributed by atoms with Crippen molar-refractivity contribution in [2.24, 2.45) is 0 Å². The highest BCUT2D eigenvalue weighted by molar-refractivity contribution is 9.10. The Hall–Kier alpha value is -0.580. The number of fused-ring (bicyclic) bond motifs is 1. The number of halogens is 1. The van der Waals surface area contributed by atoms with Crippen molar-refractivity contribution in [2.45, 2.75) is 56.8 Å². The standard InChI is InChI=1S/C17H23BrN2O/c18-13-5-4-12(11-19-14-6-7-14)16(10-13)20-8-9-21-17-3-1-2-15(17)20/h4-5,10,14-15,17,19H,1-3,6-9,11H2. The molecule has 3 fully saturated rings. The molecule has 1 aromatic carbocycles. The van der Waals surface area contributed by atoms with E-state index in [-0.39, 0.29) is 0 Å². The highest BCUT2D eigenvalue weighted by atomic mass is 79.9. The number of anilines is 1. The van der Waals surface area contributed by atoms with Crippen LogP contribution in [0.2, 0.25) is 0 Å². The maximum absolute atomic E-state index is 5.96. The number of benzene rings is 1. The molecule has 0 radical (unpaired) electrons. The van der Waals surface area contributed by atoms with Crippen LogP contribution in [0.15, 0.2) is 22.7 Å². The van der Waals surface area contributed by atoms with E-state index < -0.39 is 0 Å². The van der Waals surface area contributed by atoms with Crippen LogP contribution in [0, 0.1) is 0 Å². The minimum atomic E-state index is 0.446. The summed E-state index contributed by atoms with van der Waals surface area (Å²) >= 11 is 3.65. The lowest BCUT2D eigenvalue weighted by molar-refractivity contribution is 0.0255. The van der Waals surface area contributed by atoms with Crippen LogP contribution >= 0.6 is 15.9 Å². The molecule has 2 aliphatic carbocycles. The van der Waals surface area contributed by atoms with Gasteiger partial charge in [-0.15, -0.1) is 0 Å². The van der Waals surface area contributed by atoms with Crippen molar-refractivity contribution < 1.29 is 4.74 Å². The molecule has 3 aliphatic rings. The second-order valence-electron chi connectivity index (χ2n) is 6.53. The van der Waals surface area contributed by atoms with Gasteiger partial charge in [-0.05, 0) is 49.8 Å². The Morgan fingerprint density at radius 3 is 3.00 bits per heavy atom. The Kier molecular flexibility index (Phi) is 3.94. The molecule has 0 bridgehead atoms. The SMILES string of the molecule is Brc1ccc(CNC2CC2)c(N2CCOC3CCCC32)c1. The van der Waals surface area contributed by atoms with Gasteiger partial charge in [-0.25, -0.2) is 0 Å². The Labute approximate surface area is 135 Å². The van der Waals surface area contributed by atoms with Crippen LogP contribution < -0.4 is 10.2 Å². The van der Waals surface area contributed by atoms with E-state index in [0.29, 0.717) is 12.1 Å². The van der Waals surface area contributed by atoms with Crippen molar-refractivity contribution in [3.8, 4) is 0 Å². The van der Waals surface area contributed by atoms with Gasteiger partial charge in [0.25, 0.3) is 0 Å². The van der Waals surface area contributed by atoms with E-state index in [0.717, 1.165) is 25.7 Å². The van der Waals surface area contributed by atoms with Crippen molar-refractivity contribution in [2.75, 3.05) is 18.1 Å². The third-order valence-corrected chi connectivity index (χ3v) is 5.49. The quantitative estimate of drug-likeness (QED) is 0.899. The van der Waals surface area contributed by atoms with Crippen molar-refractivity contribution in [1.29, 1.82) is 0 Å². The molecule has 2 atom stereocenters. The molecule has 1 heterocycles. The summed E-state index contributed by atoms with van der Waals surface area (Å²) in [5.41, 5.74) is 2.83. The molecule has 114 valence electrons. The highest BCUT2D eigenvalue weighted by Gasteiger charge is 2.36. The molecule has 0 aromatic heterocycles. The molecule has 1 aromatic rings. The highest BCUT2D eigenvalue weighted by Crippen LogP contribution is 2.36. The Morgan fingerprint density at radius 1 is 1.24 bits per heavy atom. The van der Waals surface area contributed by atoms with Crippen LogP contribution in [0.3, 0.4) is 0 Å². The predicted octanol–water partition coefficient (Wildman–Crippen LogP) is 3.46. The van der Waals surface area contributed by atoms with Crippen molar-refractivity contribution in [3.05, 3.63) is 28.2 Å². The fourth-order valence-corrected chi connectivity index (χ4v) is 4.07. The summed E-state index contributed by atoms with van der Waals surface area (Å²) in [6.45, 7) is 2.87. The lowest BCUT2D eigenvalue weighted by Gasteiger charge is -2.40. The van der Waals surface area contributed by atoms with Gasteiger partial charge >= 0.3 is 0 Å². The molecular weight excluding hydrogens is 328 g/mol. The smallest absolute Gasteiger partial charge is 0.0779 e. The zero-order valence-electron chi connectivity index (χ0n) is 12.4. The third kappa shape index (κ3) is 2.99. The minimum Gasteiger partial charge on any atom is -0.374 e. The molecule has 0 amide bonds. The van der Waals surface area contributed by atoms with E-state index in [9.17, 15) is 0 Å². The Balaban J connectivity index is 1.60. The van der Waals surface area contributed by atoms with Gasteiger partial charge in [-0.2, -0.15) is 0 Å². The van der Waals surface area contributed by atoms with Gasteiger partial charge in [0, 0.05) is 29.3 Å². The lowest BCUT2D eigenvalue weighted by atomic mass is 10.1. The van der Waals surface area contributed by atoms with Crippen LogP contribution in [0.25, 0.3) is 0 Å². The van der Waals surface area contributed by atoms with Gasteiger partial charge in [0.2, 0.25) is 0 Å². The second-order valence-corrected chi connectivity index (χ2v) is 7.44. The van der Waals surface area contributed by atoms with Crippen LogP contribution in [0.5, 0.6) is 0 Å². The monoisotopic (exact) mass is 350 g/mol. The first kappa shape index (κ1) is 14.0. The minimum absolute atomic E-state index is 0.446. The molecule has 2 unspecified atom stereocenters. The molecule has 1 aliphatic heterocycles. The largest absolute Gasteiger partial charge is 0.374 e. The van der Waals surface area contributed by atoms with Gasteiger partial charge in [-0.3, -0.25) is 0 Å². The normalized spacial score (nSPS) is 28.7. The fourth-order valence-electron chi connectivity index (χ4n) is 3.72. The van der Waals surface area contributed by atoms with Crippen LogP contribution in [-0.2, 0) is 11.3 Å². The molecular formula is C17H23BrN2O. The summed E-state index contributed by atoms with van der Waals surface area (Å²) in [6.07, 6.45) is 6.93. The number of ether oxygens (including phenoxy) is 1. The van der Waals surface area contributed by atoms with Gasteiger partial charge in [-0.1, -0.05) is 22.0 Å². The molecule has 4 rings (SSSR count). The molecule has 0 spiro atoms. The average Bonchev–Trinajstić information content (AvgIpc) is 3.20. The lowest BCUT2D eigenvalue weighted by Crippen LogP contribution is -2.49. The van der Waals surface area contributed by atoms with Crippen molar-refractivity contribution in [3.63, 3.8) is 0 Å². The Morgan fingerprint density at radius 2 is 2.14 bits per heavy atom. The summed E-state index contributed by atoms with van der Waals surface area (Å²) in [5, 5.41) is 3.66. The first-order chi connectivity index (χ1) is 10.3. The second kappa shape index (κ2) is 5.90. The van der Waals surface area contributed by atoms with Gasteiger partial charge in [0.05, 0.1) is 18.8 Å². The summed E-state index contributed by atoms with van der Waals surface area (Å²) in [4.78, 5) is 2.61. The first-order valence-corrected chi connectivity index (χ1v) is 9.00. The van der Waals surface area contributed by atoms with Gasteiger partial charge < -0.3 is 15.0 Å². The number of morpholine rings is 1. The van der Waals surface area contributed by atoms with Gasteiger partial charge in [0.15, 0.2) is 0 Å². The maximum Gasteiger partial charge on any atom is 0.0779 e. The van der Waals surface area contributed by atoms with E-state index in [1.807, 2.05) is 0 Å². The topological polar surface area (TPSA) is 24.5 Å². The maximum atomic E-state index is 5.96. The molecule has 3 nitrogen and oxygen atoms in total. The summed E-state index contributed by atoms with van der Waals surface area (Å²) in [6, 6.07) is 8.07. The fraction of sp³-hybridized carbons (Fsp3) is 0.647. The van der Waals surface area contributed by atoms with Crippen LogP contribution in [-0.4, -0.2) is 31.3 Å². The molecule has 1 N–H and O–H groups in total. The first-order valence-electron chi connectivity index (χ1n) is 8.21. The molecule has 21 heavy (non-hydrogen) atoms. The van der Waals surface area contributed by atoms with Crippen LogP contribution in [0.4, 0.5) is 5.69 Å². The number of nitrogens with one attached hydrogen (secondary N) is 1. The predicted molar refractivity (Wildman–Crippen MR) is 88.7 cm³/mol. The Bertz CT molecular complexity index is 518. The van der Waals surface area contributed by atoms with Crippen molar-refractivity contribution >= 4 is 21.6 Å². The molecule has 2 saturated carbocycles. The summed E-state index contributed by atoms with van der Waals surface area (Å²) in [7, 11) is 0. The molecule has 1 saturated heterocycles. The zero-order chi connectivity index (χ0) is 14.2.